The number of carbonyl (C=O) groups is 2. The number of allylic oxidation sites excluding steroid dienone is 2. The Morgan fingerprint density at radius 3 is 2.58 bits per heavy atom. The Balaban J connectivity index is 1.88. The monoisotopic (exact) mass is 703 g/mol. The molecule has 2 heterocycles. The number of cyclic esters (lactones) is 1. The minimum absolute atomic E-state index is 0.0100. The first-order valence-electron chi connectivity index (χ1n) is 17.6. The Bertz CT molecular complexity index is 1390. The van der Waals surface area contributed by atoms with Gasteiger partial charge in [0.25, 0.3) is 0 Å². The lowest BCUT2D eigenvalue weighted by Crippen LogP contribution is -2.52. The smallest absolute Gasteiger partial charge is 0.309 e. The molecule has 0 amide bonds. The summed E-state index contributed by atoms with van der Waals surface area (Å²) in [4.78, 5) is 24.7. The van der Waals surface area contributed by atoms with Gasteiger partial charge in [-0.25, -0.2) is 4.39 Å². The van der Waals surface area contributed by atoms with Crippen LogP contribution in [0.2, 0.25) is 0 Å². The first kappa shape index (κ1) is 41.5. The molecule has 2 unspecified atom stereocenters. The van der Waals surface area contributed by atoms with Crippen molar-refractivity contribution in [2.75, 3.05) is 7.11 Å². The van der Waals surface area contributed by atoms with Crippen molar-refractivity contribution in [3.63, 3.8) is 0 Å². The Hall–Kier alpha value is -2.93. The molecule has 0 bridgehead atoms. The maximum Gasteiger partial charge on any atom is 0.309 e. The summed E-state index contributed by atoms with van der Waals surface area (Å²) in [6.07, 6.45) is 5.88. The molecule has 280 valence electrons. The second kappa shape index (κ2) is 18.0. The van der Waals surface area contributed by atoms with E-state index in [1.807, 2.05) is 13.0 Å². The van der Waals surface area contributed by atoms with Crippen LogP contribution >= 0.6 is 0 Å². The molecular weight excluding hydrogens is 645 g/mol. The molecule has 0 saturated carbocycles. The average Bonchev–Trinajstić information content (AvgIpc) is 3.82. The van der Waals surface area contributed by atoms with Crippen LogP contribution in [0.25, 0.3) is 0 Å². The summed E-state index contributed by atoms with van der Waals surface area (Å²) in [5.74, 6) is -1.78. The molecule has 11 heteroatoms. The fourth-order valence-electron chi connectivity index (χ4n) is 6.64. The van der Waals surface area contributed by atoms with E-state index in [4.69, 9.17) is 18.9 Å². The zero-order valence-electron chi connectivity index (χ0n) is 31.0. The van der Waals surface area contributed by atoms with Crippen LogP contribution in [-0.4, -0.2) is 88.2 Å². The van der Waals surface area contributed by atoms with Gasteiger partial charge in [0, 0.05) is 32.4 Å². The predicted molar refractivity (Wildman–Crippen MR) is 188 cm³/mol. The topological polar surface area (TPSA) is 147 Å². The van der Waals surface area contributed by atoms with Crippen molar-refractivity contribution in [2.45, 2.75) is 141 Å². The number of methoxy groups -OCH3 is 1. The van der Waals surface area contributed by atoms with Crippen LogP contribution in [0.1, 0.15) is 85.3 Å². The summed E-state index contributed by atoms with van der Waals surface area (Å²) in [5.41, 5.74) is -0.950. The van der Waals surface area contributed by atoms with Crippen molar-refractivity contribution in [3.8, 4) is 0 Å². The Labute approximate surface area is 296 Å². The zero-order chi connectivity index (χ0) is 37.4. The minimum Gasteiger partial charge on any atom is -0.457 e. The van der Waals surface area contributed by atoms with E-state index in [9.17, 15) is 29.3 Å². The summed E-state index contributed by atoms with van der Waals surface area (Å²) in [7, 11) is 1.68. The summed E-state index contributed by atoms with van der Waals surface area (Å²) < 4.78 is 37.4. The van der Waals surface area contributed by atoms with Crippen LogP contribution in [0, 0.1) is 24.6 Å². The number of ether oxygens (including phenoxy) is 4. The maximum atomic E-state index is 14.3. The molecule has 50 heavy (non-hydrogen) atoms. The van der Waals surface area contributed by atoms with E-state index in [-0.39, 0.29) is 49.3 Å². The highest BCUT2D eigenvalue weighted by molar-refractivity contribution is 5.70. The van der Waals surface area contributed by atoms with E-state index in [2.05, 4.69) is 19.2 Å². The van der Waals surface area contributed by atoms with E-state index < -0.39 is 53.4 Å². The normalized spacial score (nSPS) is 31.8. The zero-order valence-corrected chi connectivity index (χ0v) is 31.0. The number of epoxide rings is 1. The van der Waals surface area contributed by atoms with Gasteiger partial charge >= 0.3 is 11.9 Å². The molecule has 1 fully saturated rings. The quantitative estimate of drug-likeness (QED) is 0.0958. The standard InChI is InChI=1S/C39H58FNO9/c1-10-31(47-9)26(5)35-36(50-35)37(41-22-28-15-13-23(2)30(40)20-28)39(8,46)18-11-12-24(3)34-25(4)14-16-32(48-27(6)42)38(7,45)19-17-29(43)21-33(44)49-34/h11-16,18,20,25-26,29,31-32,34-37,41,43,45-46H,10,17,19,21-22H2,1-9H3/b16-14+,18-11+,24-12+/t25-,26+,29+,31-,32-,34+,35+,36-,37?,38+,39?/m0/s1. The molecule has 1 aromatic carbocycles. The molecule has 0 spiro atoms. The van der Waals surface area contributed by atoms with Gasteiger partial charge in [-0.15, -0.1) is 0 Å². The van der Waals surface area contributed by atoms with Crippen LogP contribution < -0.4 is 5.32 Å². The highest BCUT2D eigenvalue weighted by Gasteiger charge is 2.54. The summed E-state index contributed by atoms with van der Waals surface area (Å²) in [5, 5.41) is 36.9. The molecule has 10 nitrogen and oxygen atoms in total. The minimum atomic E-state index is -1.47. The maximum absolute atomic E-state index is 14.3. The van der Waals surface area contributed by atoms with E-state index >= 15 is 0 Å². The number of esters is 2. The Kier molecular flexibility index (Phi) is 15.0. The van der Waals surface area contributed by atoms with Gasteiger partial charge < -0.3 is 39.6 Å². The fourth-order valence-corrected chi connectivity index (χ4v) is 6.64. The lowest BCUT2D eigenvalue weighted by Gasteiger charge is -2.32. The third-order valence-electron chi connectivity index (χ3n) is 9.95. The summed E-state index contributed by atoms with van der Waals surface area (Å²) >= 11 is 0. The fraction of sp³-hybridized carbons (Fsp3) is 0.641. The number of hydrogen-bond donors (Lipinski definition) is 4. The third kappa shape index (κ3) is 11.5. The van der Waals surface area contributed by atoms with E-state index in [0.717, 1.165) is 12.0 Å². The van der Waals surface area contributed by atoms with Gasteiger partial charge in [-0.05, 0) is 75.8 Å². The van der Waals surface area contributed by atoms with Crippen molar-refractivity contribution in [2.24, 2.45) is 11.8 Å². The first-order chi connectivity index (χ1) is 23.4. The number of benzene rings is 1. The number of aliphatic hydroxyl groups excluding tert-OH is 1. The highest BCUT2D eigenvalue weighted by atomic mass is 19.1. The van der Waals surface area contributed by atoms with Gasteiger partial charge in [-0.1, -0.05) is 57.2 Å². The van der Waals surface area contributed by atoms with Gasteiger partial charge in [0.15, 0.2) is 0 Å². The van der Waals surface area contributed by atoms with Crippen molar-refractivity contribution >= 4 is 11.9 Å². The highest BCUT2D eigenvalue weighted by Crippen LogP contribution is 2.39. The number of nitrogens with one attached hydrogen (secondary N) is 1. The SMILES string of the molecule is CC[C@H](OC)[C@@H](C)[C@H]1O[C@@H]1C(NCc1ccc(C)c(F)c1)C(C)(O)/C=C/C=C(\C)[C@H]1OC(=O)C[C@H](O)CC[C@@](C)(O)[C@@H](OC(C)=O)/C=C/[C@@H]1C. The van der Waals surface area contributed by atoms with Gasteiger partial charge in [-0.3, -0.25) is 9.59 Å². The van der Waals surface area contributed by atoms with Crippen LogP contribution in [0.15, 0.2) is 54.2 Å². The molecule has 1 aromatic rings. The van der Waals surface area contributed by atoms with Gasteiger partial charge in [0.05, 0.1) is 36.4 Å². The number of hydrogen-bond acceptors (Lipinski definition) is 10. The summed E-state index contributed by atoms with van der Waals surface area (Å²) in [6, 6.07) is 4.49. The predicted octanol–water partition coefficient (Wildman–Crippen LogP) is 5.01. The Morgan fingerprint density at radius 2 is 1.96 bits per heavy atom. The molecule has 1 saturated heterocycles. The van der Waals surface area contributed by atoms with Crippen LogP contribution in [0.4, 0.5) is 4.39 Å². The van der Waals surface area contributed by atoms with E-state index in [0.29, 0.717) is 17.7 Å². The van der Waals surface area contributed by atoms with Crippen molar-refractivity contribution in [3.05, 3.63) is 71.1 Å². The molecule has 0 radical (unpaired) electrons. The molecule has 0 aromatic heterocycles. The Morgan fingerprint density at radius 1 is 1.26 bits per heavy atom. The molecule has 0 aliphatic carbocycles. The molecule has 2 aliphatic heterocycles. The number of aliphatic hydroxyl groups is 3. The number of aryl methyl sites for hydroxylation is 1. The average molecular weight is 704 g/mol. The second-order valence-electron chi connectivity index (χ2n) is 14.5. The second-order valence-corrected chi connectivity index (χ2v) is 14.5. The van der Waals surface area contributed by atoms with E-state index in [1.54, 1.807) is 64.3 Å². The van der Waals surface area contributed by atoms with E-state index in [1.165, 1.54) is 19.9 Å². The van der Waals surface area contributed by atoms with Crippen LogP contribution in [0.3, 0.4) is 0 Å². The largest absolute Gasteiger partial charge is 0.457 e. The van der Waals surface area contributed by atoms with Gasteiger partial charge in [-0.2, -0.15) is 0 Å². The summed E-state index contributed by atoms with van der Waals surface area (Å²) in [6.45, 7) is 14.2. The van der Waals surface area contributed by atoms with Crippen molar-refractivity contribution < 1.29 is 48.2 Å². The molecular formula is C39H58FNO9. The molecule has 11 atom stereocenters. The number of halogens is 1. The lowest BCUT2D eigenvalue weighted by atomic mass is 9.87. The number of rotatable bonds is 13. The number of carbonyl (C=O) groups excluding carboxylic acids is 2. The lowest BCUT2D eigenvalue weighted by molar-refractivity contribution is -0.157. The molecule has 2 aliphatic rings. The third-order valence-corrected chi connectivity index (χ3v) is 9.95. The van der Waals surface area contributed by atoms with Crippen LogP contribution in [0.5, 0.6) is 0 Å². The van der Waals surface area contributed by atoms with Gasteiger partial charge in [0.2, 0.25) is 0 Å². The molecule has 4 N–H and O–H groups in total. The van der Waals surface area contributed by atoms with Crippen LogP contribution in [-0.2, 0) is 35.1 Å². The molecule has 3 rings (SSSR count). The van der Waals surface area contributed by atoms with Crippen molar-refractivity contribution in [1.82, 2.24) is 5.32 Å². The van der Waals surface area contributed by atoms with Gasteiger partial charge in [0.1, 0.15) is 29.7 Å². The van der Waals surface area contributed by atoms with Crippen molar-refractivity contribution in [1.29, 1.82) is 0 Å². The first-order valence-corrected chi connectivity index (χ1v) is 17.6.